The van der Waals surface area contributed by atoms with Gasteiger partial charge in [0.05, 0.1) is 0 Å². The highest BCUT2D eigenvalue weighted by Gasteiger charge is 2.15. The molecule has 1 atom stereocenters. The summed E-state index contributed by atoms with van der Waals surface area (Å²) in [6, 6.07) is 0. The van der Waals surface area contributed by atoms with Crippen LogP contribution in [0.2, 0.25) is 8.80 Å². The van der Waals surface area contributed by atoms with E-state index in [1.54, 1.807) is 6.08 Å². The van der Waals surface area contributed by atoms with E-state index in [4.69, 9.17) is 23.2 Å². The molecule has 0 spiro atoms. The van der Waals surface area contributed by atoms with Crippen molar-refractivity contribution in [3.05, 3.63) is 27.2 Å². The number of aliphatic hydroxyl groups excluding tert-OH is 1. The third-order valence-corrected chi connectivity index (χ3v) is 2.68. The van der Waals surface area contributed by atoms with Crippen molar-refractivity contribution in [2.45, 2.75) is 12.5 Å². The number of aromatic nitrogens is 1. The Morgan fingerprint density at radius 1 is 1.67 bits per heavy atom. The first-order chi connectivity index (χ1) is 5.65. The number of rotatable bonds is 3. The maximum absolute atomic E-state index is 9.44. The molecule has 1 N–H and O–H groups in total. The second-order valence-corrected chi connectivity index (χ2v) is 4.35. The van der Waals surface area contributed by atoms with Crippen molar-refractivity contribution in [1.29, 1.82) is 0 Å². The van der Waals surface area contributed by atoms with E-state index in [2.05, 4.69) is 11.6 Å². The van der Waals surface area contributed by atoms with Crippen molar-refractivity contribution < 1.29 is 5.11 Å². The molecule has 0 aliphatic heterocycles. The molecule has 12 heavy (non-hydrogen) atoms. The molecule has 0 aromatic carbocycles. The first-order valence-corrected chi connectivity index (χ1v) is 4.83. The monoisotopic (exact) mass is 223 g/mol. The normalized spacial score (nSPS) is 12.9. The molecule has 0 bridgehead atoms. The molecule has 0 amide bonds. The first-order valence-electron chi connectivity index (χ1n) is 3.26. The lowest BCUT2D eigenvalue weighted by atomic mass is 10.2. The number of hydrogen-bond acceptors (Lipinski definition) is 3. The van der Waals surface area contributed by atoms with Crippen LogP contribution in [0.15, 0.2) is 12.7 Å². The van der Waals surface area contributed by atoms with Crippen LogP contribution in [0, 0.1) is 0 Å². The zero-order valence-electron chi connectivity index (χ0n) is 6.13. The fourth-order valence-corrected chi connectivity index (χ4v) is 2.17. The van der Waals surface area contributed by atoms with Crippen LogP contribution >= 0.6 is 34.5 Å². The predicted molar refractivity (Wildman–Crippen MR) is 51.9 cm³/mol. The summed E-state index contributed by atoms with van der Waals surface area (Å²) in [7, 11) is 0. The highest BCUT2D eigenvalue weighted by molar-refractivity contribution is 7.19. The molecule has 0 aliphatic rings. The van der Waals surface area contributed by atoms with Crippen LogP contribution in [0.25, 0.3) is 0 Å². The van der Waals surface area contributed by atoms with E-state index in [0.717, 1.165) is 11.3 Å². The van der Waals surface area contributed by atoms with E-state index in [0.29, 0.717) is 20.9 Å². The van der Waals surface area contributed by atoms with E-state index in [1.807, 2.05) is 0 Å². The van der Waals surface area contributed by atoms with E-state index in [1.165, 1.54) is 0 Å². The Morgan fingerprint density at radius 3 is 2.75 bits per heavy atom. The van der Waals surface area contributed by atoms with E-state index in [-0.39, 0.29) is 0 Å². The van der Waals surface area contributed by atoms with Crippen molar-refractivity contribution in [2.24, 2.45) is 0 Å². The van der Waals surface area contributed by atoms with Crippen LogP contribution in [0.5, 0.6) is 0 Å². The van der Waals surface area contributed by atoms with Crippen molar-refractivity contribution in [3.63, 3.8) is 0 Å². The Labute approximate surface area is 84.5 Å². The molecule has 0 radical (unpaired) electrons. The third kappa shape index (κ3) is 2.20. The van der Waals surface area contributed by atoms with Crippen LogP contribution < -0.4 is 0 Å². The predicted octanol–water partition coefficient (Wildman–Crippen LogP) is 3.06. The molecule has 0 saturated carbocycles. The lowest BCUT2D eigenvalue weighted by Crippen LogP contribution is -1.96. The molecule has 2 nitrogen and oxygen atoms in total. The summed E-state index contributed by atoms with van der Waals surface area (Å²) in [5, 5.41) is 9.44. The van der Waals surface area contributed by atoms with Crippen LogP contribution in [0.3, 0.4) is 0 Å². The van der Waals surface area contributed by atoms with Gasteiger partial charge in [0.25, 0.3) is 0 Å². The second-order valence-electron chi connectivity index (χ2n) is 2.17. The Kier molecular flexibility index (Phi) is 3.53. The summed E-state index contributed by atoms with van der Waals surface area (Å²) >= 11 is 12.5. The van der Waals surface area contributed by atoms with Crippen LogP contribution in [-0.4, -0.2) is 10.1 Å². The minimum atomic E-state index is -0.696. The molecule has 0 fully saturated rings. The number of aliphatic hydroxyl groups is 1. The summed E-state index contributed by atoms with van der Waals surface area (Å²) < 4.78 is 0.785. The van der Waals surface area contributed by atoms with Gasteiger partial charge >= 0.3 is 0 Å². The van der Waals surface area contributed by atoms with Gasteiger partial charge in [-0.2, -0.15) is 0 Å². The highest BCUT2D eigenvalue weighted by Crippen LogP contribution is 2.32. The average molecular weight is 224 g/mol. The smallest absolute Gasteiger partial charge is 0.185 e. The Hall–Kier alpha value is -0.0900. The number of nitrogens with zero attached hydrogens (tertiary/aromatic N) is 1. The zero-order valence-corrected chi connectivity index (χ0v) is 8.46. The molecule has 1 unspecified atom stereocenters. The Balaban J connectivity index is 2.85. The van der Waals surface area contributed by atoms with Crippen molar-refractivity contribution in [1.82, 2.24) is 4.98 Å². The fraction of sp³-hybridized carbons (Fsp3) is 0.286. The van der Waals surface area contributed by atoms with Crippen molar-refractivity contribution >= 4 is 34.5 Å². The molecule has 66 valence electrons. The molecule has 1 heterocycles. The first kappa shape index (κ1) is 9.99. The van der Waals surface area contributed by atoms with Gasteiger partial charge in [0, 0.05) is 0 Å². The number of halogens is 2. The van der Waals surface area contributed by atoms with Crippen LogP contribution in [-0.2, 0) is 0 Å². The fourth-order valence-electron chi connectivity index (χ4n) is 0.763. The Bertz CT molecular complexity index is 287. The maximum atomic E-state index is 9.44. The average Bonchev–Trinajstić information content (AvgIpc) is 2.30. The van der Waals surface area contributed by atoms with E-state index in [9.17, 15) is 5.11 Å². The molecule has 5 heteroatoms. The lowest BCUT2D eigenvalue weighted by molar-refractivity contribution is 0.177. The molecular weight excluding hydrogens is 217 g/mol. The van der Waals surface area contributed by atoms with Crippen LogP contribution in [0.1, 0.15) is 18.2 Å². The maximum Gasteiger partial charge on any atom is 0.185 e. The molecule has 1 aromatic heterocycles. The van der Waals surface area contributed by atoms with Gasteiger partial charge in [-0.1, -0.05) is 40.6 Å². The molecule has 0 aliphatic carbocycles. The molecule has 1 aromatic rings. The zero-order chi connectivity index (χ0) is 9.14. The minimum Gasteiger partial charge on any atom is -0.386 e. The summed E-state index contributed by atoms with van der Waals surface area (Å²) in [5.41, 5.74) is 0.437. The van der Waals surface area contributed by atoms with Crippen molar-refractivity contribution in [2.75, 3.05) is 0 Å². The van der Waals surface area contributed by atoms with Gasteiger partial charge in [-0.05, 0) is 6.42 Å². The molecule has 1 rings (SSSR count). The Morgan fingerprint density at radius 2 is 2.33 bits per heavy atom. The lowest BCUT2D eigenvalue weighted by Gasteiger charge is -2.03. The van der Waals surface area contributed by atoms with E-state index >= 15 is 0 Å². The second kappa shape index (κ2) is 4.23. The van der Waals surface area contributed by atoms with Gasteiger partial charge in [-0.25, -0.2) is 4.98 Å². The van der Waals surface area contributed by atoms with E-state index < -0.39 is 6.10 Å². The molecule has 0 saturated heterocycles. The number of thiazole rings is 1. The van der Waals surface area contributed by atoms with Gasteiger partial charge in [-0.15, -0.1) is 6.58 Å². The number of hydrogen-bond donors (Lipinski definition) is 1. The van der Waals surface area contributed by atoms with Gasteiger partial charge in [0.2, 0.25) is 0 Å². The summed E-state index contributed by atoms with van der Waals surface area (Å²) in [4.78, 5) is 3.88. The summed E-state index contributed by atoms with van der Waals surface area (Å²) in [6.07, 6.45) is 1.34. The minimum absolute atomic E-state index is 0.345. The van der Waals surface area contributed by atoms with Gasteiger partial charge in [0.1, 0.15) is 16.1 Å². The third-order valence-electron chi connectivity index (χ3n) is 1.29. The summed E-state index contributed by atoms with van der Waals surface area (Å²) in [6.45, 7) is 3.50. The topological polar surface area (TPSA) is 33.1 Å². The highest BCUT2D eigenvalue weighted by atomic mass is 35.5. The van der Waals surface area contributed by atoms with Crippen LogP contribution in [0.4, 0.5) is 0 Å². The van der Waals surface area contributed by atoms with Gasteiger partial charge in [-0.3, -0.25) is 0 Å². The van der Waals surface area contributed by atoms with Crippen molar-refractivity contribution in [3.8, 4) is 0 Å². The largest absolute Gasteiger partial charge is 0.386 e. The standard InChI is InChI=1S/C7H7Cl2NOS/c1-2-3-4(11)5-6(8)12-7(9)10-5/h2,4,11H,1,3H2. The molecular formula is C7H7Cl2NOS. The quantitative estimate of drug-likeness (QED) is 0.800. The SMILES string of the molecule is C=CCC(O)c1nc(Cl)sc1Cl. The summed E-state index contributed by atoms with van der Waals surface area (Å²) in [5.74, 6) is 0. The van der Waals surface area contributed by atoms with Gasteiger partial charge in [0.15, 0.2) is 4.47 Å². The van der Waals surface area contributed by atoms with Gasteiger partial charge < -0.3 is 5.11 Å².